The SMILES string of the molecule is CC(C)NC(=O)[C@H](Cc1ccccc1)N(Cc1cccc(Br)c1)C(=O)CCCSc1ccc(Cl)cc1. The van der Waals surface area contributed by atoms with E-state index >= 15 is 0 Å². The molecule has 36 heavy (non-hydrogen) atoms. The van der Waals surface area contributed by atoms with Gasteiger partial charge in [0.2, 0.25) is 11.8 Å². The highest BCUT2D eigenvalue weighted by Crippen LogP contribution is 2.23. The van der Waals surface area contributed by atoms with Crippen LogP contribution in [0, 0.1) is 0 Å². The lowest BCUT2D eigenvalue weighted by Gasteiger charge is -2.32. The van der Waals surface area contributed by atoms with Gasteiger partial charge >= 0.3 is 0 Å². The third-order valence-corrected chi connectivity index (χ3v) is 7.40. The van der Waals surface area contributed by atoms with Gasteiger partial charge in [-0.15, -0.1) is 11.8 Å². The Morgan fingerprint density at radius 1 is 0.972 bits per heavy atom. The van der Waals surface area contributed by atoms with E-state index in [0.29, 0.717) is 30.8 Å². The van der Waals surface area contributed by atoms with Gasteiger partial charge in [0, 0.05) is 39.8 Å². The topological polar surface area (TPSA) is 49.4 Å². The fourth-order valence-corrected chi connectivity index (χ4v) is 5.28. The van der Waals surface area contributed by atoms with Crippen molar-refractivity contribution in [3.05, 3.63) is 99.5 Å². The zero-order valence-electron chi connectivity index (χ0n) is 20.6. The predicted octanol–water partition coefficient (Wildman–Crippen LogP) is 7.14. The maximum Gasteiger partial charge on any atom is 0.243 e. The van der Waals surface area contributed by atoms with Crippen LogP contribution in [0.25, 0.3) is 0 Å². The molecule has 0 heterocycles. The van der Waals surface area contributed by atoms with Crippen LogP contribution in [0.1, 0.15) is 37.8 Å². The molecule has 190 valence electrons. The van der Waals surface area contributed by atoms with Crippen LogP contribution in [-0.2, 0) is 22.6 Å². The summed E-state index contributed by atoms with van der Waals surface area (Å²) in [6, 6.07) is 24.9. The fraction of sp³-hybridized carbons (Fsp3) is 0.310. The quantitative estimate of drug-likeness (QED) is 0.181. The van der Waals surface area contributed by atoms with Crippen LogP contribution in [0.4, 0.5) is 0 Å². The predicted molar refractivity (Wildman–Crippen MR) is 153 cm³/mol. The number of nitrogens with zero attached hydrogens (tertiary/aromatic N) is 1. The van der Waals surface area contributed by atoms with Crippen LogP contribution < -0.4 is 5.32 Å². The lowest BCUT2D eigenvalue weighted by Crippen LogP contribution is -2.51. The largest absolute Gasteiger partial charge is 0.352 e. The van der Waals surface area contributed by atoms with Crippen molar-refractivity contribution in [1.82, 2.24) is 10.2 Å². The first-order chi connectivity index (χ1) is 17.3. The maximum atomic E-state index is 13.6. The normalized spacial score (nSPS) is 11.8. The van der Waals surface area contributed by atoms with E-state index in [1.807, 2.05) is 92.7 Å². The van der Waals surface area contributed by atoms with Gasteiger partial charge in [-0.1, -0.05) is 70.0 Å². The summed E-state index contributed by atoms with van der Waals surface area (Å²) in [5.41, 5.74) is 2.00. The van der Waals surface area contributed by atoms with Crippen LogP contribution in [0.15, 0.2) is 88.2 Å². The van der Waals surface area contributed by atoms with Gasteiger partial charge in [-0.25, -0.2) is 0 Å². The van der Waals surface area contributed by atoms with E-state index in [-0.39, 0.29) is 17.9 Å². The van der Waals surface area contributed by atoms with Crippen LogP contribution in [-0.4, -0.2) is 34.6 Å². The molecule has 1 atom stereocenters. The monoisotopic (exact) mass is 586 g/mol. The summed E-state index contributed by atoms with van der Waals surface area (Å²) < 4.78 is 0.943. The Bertz CT molecular complexity index is 1130. The maximum absolute atomic E-state index is 13.6. The van der Waals surface area contributed by atoms with E-state index in [4.69, 9.17) is 11.6 Å². The molecule has 0 radical (unpaired) electrons. The molecule has 0 aliphatic heterocycles. The molecule has 7 heteroatoms. The standard InChI is InChI=1S/C29H32BrClN2O2S/c1-21(2)32-29(35)27(19-22-8-4-3-5-9-22)33(20-23-10-6-11-24(30)18-23)28(34)12-7-17-36-26-15-13-25(31)14-16-26/h3-6,8-11,13-16,18,21,27H,7,12,17,19-20H2,1-2H3,(H,32,35)/t27-/m0/s1. The minimum atomic E-state index is -0.606. The first kappa shape index (κ1) is 28.3. The van der Waals surface area contributed by atoms with Gasteiger partial charge in [0.15, 0.2) is 0 Å². The Labute approximate surface area is 231 Å². The number of thioether (sulfide) groups is 1. The average Bonchev–Trinajstić information content (AvgIpc) is 2.85. The van der Waals surface area contributed by atoms with Crippen molar-refractivity contribution in [3.63, 3.8) is 0 Å². The van der Waals surface area contributed by atoms with Crippen molar-refractivity contribution in [2.24, 2.45) is 0 Å². The first-order valence-corrected chi connectivity index (χ1v) is 14.2. The third-order valence-electron chi connectivity index (χ3n) is 5.56. The summed E-state index contributed by atoms with van der Waals surface area (Å²) in [6.45, 7) is 4.24. The lowest BCUT2D eigenvalue weighted by molar-refractivity contribution is -0.141. The zero-order valence-corrected chi connectivity index (χ0v) is 23.8. The van der Waals surface area contributed by atoms with E-state index in [2.05, 4.69) is 21.2 Å². The molecular formula is C29H32BrClN2O2S. The van der Waals surface area contributed by atoms with Crippen LogP contribution in [0.5, 0.6) is 0 Å². The Morgan fingerprint density at radius 2 is 1.67 bits per heavy atom. The molecule has 0 bridgehead atoms. The Kier molecular flexibility index (Phi) is 11.4. The lowest BCUT2D eigenvalue weighted by atomic mass is 10.0. The molecule has 0 fully saturated rings. The summed E-state index contributed by atoms with van der Waals surface area (Å²) in [5, 5.41) is 3.74. The van der Waals surface area contributed by atoms with Crippen molar-refractivity contribution < 1.29 is 9.59 Å². The molecule has 0 saturated heterocycles. The molecule has 0 aliphatic carbocycles. The Balaban J connectivity index is 1.78. The molecule has 0 unspecified atom stereocenters. The van der Waals surface area contributed by atoms with Gasteiger partial charge in [0.1, 0.15) is 6.04 Å². The van der Waals surface area contributed by atoms with Gasteiger partial charge < -0.3 is 10.2 Å². The van der Waals surface area contributed by atoms with E-state index in [1.54, 1.807) is 16.7 Å². The average molecular weight is 588 g/mol. The van der Waals surface area contributed by atoms with Gasteiger partial charge in [-0.2, -0.15) is 0 Å². The second kappa shape index (κ2) is 14.5. The number of hydrogen-bond donors (Lipinski definition) is 1. The summed E-state index contributed by atoms with van der Waals surface area (Å²) in [7, 11) is 0. The highest BCUT2D eigenvalue weighted by Gasteiger charge is 2.30. The van der Waals surface area contributed by atoms with E-state index < -0.39 is 6.04 Å². The second-order valence-corrected chi connectivity index (χ2v) is 11.4. The van der Waals surface area contributed by atoms with Gasteiger partial charge in [-0.3, -0.25) is 9.59 Å². The number of amides is 2. The molecule has 0 saturated carbocycles. The number of carbonyl (C=O) groups excluding carboxylic acids is 2. The summed E-state index contributed by atoms with van der Waals surface area (Å²) >= 11 is 11.2. The Hall–Kier alpha value is -2.28. The highest BCUT2D eigenvalue weighted by molar-refractivity contribution is 9.10. The Morgan fingerprint density at radius 3 is 2.33 bits per heavy atom. The van der Waals surface area contributed by atoms with Crippen molar-refractivity contribution in [2.75, 3.05) is 5.75 Å². The summed E-state index contributed by atoms with van der Waals surface area (Å²) in [4.78, 5) is 29.9. The smallest absolute Gasteiger partial charge is 0.243 e. The van der Waals surface area contributed by atoms with Crippen molar-refractivity contribution in [2.45, 2.75) is 56.6 Å². The number of hydrogen-bond acceptors (Lipinski definition) is 3. The van der Waals surface area contributed by atoms with E-state index in [0.717, 1.165) is 26.2 Å². The minimum Gasteiger partial charge on any atom is -0.352 e. The molecule has 3 aromatic rings. The minimum absolute atomic E-state index is 0.0191. The zero-order chi connectivity index (χ0) is 25.9. The van der Waals surface area contributed by atoms with Gasteiger partial charge in [-0.05, 0) is 73.5 Å². The molecule has 3 aromatic carbocycles. The van der Waals surface area contributed by atoms with Gasteiger partial charge in [0.05, 0.1) is 0 Å². The second-order valence-electron chi connectivity index (χ2n) is 8.93. The van der Waals surface area contributed by atoms with Gasteiger partial charge in [0.25, 0.3) is 0 Å². The molecule has 0 aliphatic rings. The molecule has 0 spiro atoms. The van der Waals surface area contributed by atoms with Crippen LogP contribution >= 0.6 is 39.3 Å². The van der Waals surface area contributed by atoms with E-state index in [9.17, 15) is 9.59 Å². The number of carbonyl (C=O) groups is 2. The number of halogens is 2. The summed E-state index contributed by atoms with van der Waals surface area (Å²) in [6.07, 6.45) is 1.54. The number of nitrogens with one attached hydrogen (secondary N) is 1. The number of benzene rings is 3. The molecular weight excluding hydrogens is 556 g/mol. The molecule has 3 rings (SSSR count). The van der Waals surface area contributed by atoms with Crippen molar-refractivity contribution in [1.29, 1.82) is 0 Å². The fourth-order valence-electron chi connectivity index (χ4n) is 3.85. The van der Waals surface area contributed by atoms with Crippen LogP contribution in [0.3, 0.4) is 0 Å². The third kappa shape index (κ3) is 9.30. The molecule has 4 nitrogen and oxygen atoms in total. The van der Waals surface area contributed by atoms with Crippen molar-refractivity contribution in [3.8, 4) is 0 Å². The van der Waals surface area contributed by atoms with E-state index in [1.165, 1.54) is 0 Å². The van der Waals surface area contributed by atoms with Crippen LogP contribution in [0.2, 0.25) is 5.02 Å². The van der Waals surface area contributed by atoms with Crippen molar-refractivity contribution >= 4 is 51.1 Å². The first-order valence-electron chi connectivity index (χ1n) is 12.1. The molecule has 2 amide bonds. The molecule has 1 N–H and O–H groups in total. The molecule has 0 aromatic heterocycles. The number of rotatable bonds is 12. The summed E-state index contributed by atoms with van der Waals surface area (Å²) in [5.74, 6) is 0.652. The highest BCUT2D eigenvalue weighted by atomic mass is 79.9.